The summed E-state index contributed by atoms with van der Waals surface area (Å²) >= 11 is 1.04. The summed E-state index contributed by atoms with van der Waals surface area (Å²) in [6.07, 6.45) is 1.67. The third kappa shape index (κ3) is 2.84. The molecule has 1 aromatic carbocycles. The number of thioether (sulfide) groups is 1. The van der Waals surface area contributed by atoms with Crippen molar-refractivity contribution in [2.75, 3.05) is 6.26 Å². The number of amides is 1. The summed E-state index contributed by atoms with van der Waals surface area (Å²) in [5, 5.41) is 6.91. The number of carbonyl (C=O) groups excluding carboxylic acids is 1. The van der Waals surface area contributed by atoms with Gasteiger partial charge in [0.1, 0.15) is 0 Å². The second-order valence-electron chi connectivity index (χ2n) is 2.01. The molecule has 0 radical (unpaired) electrons. The molecule has 0 fully saturated rings. The average molecular weight is 180 g/mol. The predicted octanol–water partition coefficient (Wildman–Crippen LogP) is 3.25. The van der Waals surface area contributed by atoms with Crippen molar-refractivity contribution >= 4 is 22.7 Å². The van der Waals surface area contributed by atoms with Crippen molar-refractivity contribution in [2.45, 2.75) is 0 Å². The highest BCUT2D eigenvalue weighted by molar-refractivity contribution is 8.13. The van der Waals surface area contributed by atoms with Crippen molar-refractivity contribution in [3.8, 4) is 0 Å². The minimum atomic E-state index is -0.279. The fourth-order valence-corrected chi connectivity index (χ4v) is 0.757. The molecule has 0 aromatic heterocycles. The van der Waals surface area contributed by atoms with Gasteiger partial charge in [0.2, 0.25) is 0 Å². The number of hydrogen-bond donors (Lipinski definition) is 0. The van der Waals surface area contributed by atoms with Crippen LogP contribution in [0.1, 0.15) is 0 Å². The smallest absolute Gasteiger partial charge is 0.258 e. The third-order valence-electron chi connectivity index (χ3n) is 1.18. The van der Waals surface area contributed by atoms with Crippen LogP contribution in [0.4, 0.5) is 10.5 Å². The van der Waals surface area contributed by atoms with Gasteiger partial charge in [-0.3, -0.25) is 4.79 Å². The van der Waals surface area contributed by atoms with Crippen LogP contribution in [0.5, 0.6) is 0 Å². The van der Waals surface area contributed by atoms with Crippen molar-refractivity contribution in [2.24, 2.45) is 10.2 Å². The number of carbonyl (C=O) groups is 1. The van der Waals surface area contributed by atoms with Crippen LogP contribution in [0, 0.1) is 0 Å². The largest absolute Gasteiger partial charge is 0.323 e. The first kappa shape index (κ1) is 8.93. The zero-order valence-electron chi connectivity index (χ0n) is 6.60. The number of benzene rings is 1. The van der Waals surface area contributed by atoms with Crippen LogP contribution in [0.3, 0.4) is 0 Å². The van der Waals surface area contributed by atoms with Crippen LogP contribution in [-0.4, -0.2) is 11.5 Å². The Morgan fingerprint density at radius 2 is 2.00 bits per heavy atom. The molecule has 3 nitrogen and oxygen atoms in total. The van der Waals surface area contributed by atoms with Gasteiger partial charge in [-0.05, 0) is 18.4 Å². The van der Waals surface area contributed by atoms with E-state index < -0.39 is 0 Å². The van der Waals surface area contributed by atoms with Gasteiger partial charge in [-0.25, -0.2) is 0 Å². The highest BCUT2D eigenvalue weighted by atomic mass is 32.2. The summed E-state index contributed by atoms with van der Waals surface area (Å²) in [5.74, 6) is 0. The minimum absolute atomic E-state index is 0.279. The van der Waals surface area contributed by atoms with Crippen LogP contribution in [-0.2, 0) is 0 Å². The molecule has 0 unspecified atom stereocenters. The molecular weight excluding hydrogens is 172 g/mol. The Hall–Kier alpha value is -1.16. The molecule has 0 N–H and O–H groups in total. The maximum Gasteiger partial charge on any atom is 0.323 e. The maximum atomic E-state index is 10.7. The summed E-state index contributed by atoms with van der Waals surface area (Å²) < 4.78 is 0. The van der Waals surface area contributed by atoms with E-state index in [1.807, 2.05) is 18.2 Å². The zero-order chi connectivity index (χ0) is 8.81. The molecule has 0 aliphatic rings. The van der Waals surface area contributed by atoms with Crippen molar-refractivity contribution in [1.82, 2.24) is 0 Å². The molecule has 62 valence electrons. The molecule has 0 bridgehead atoms. The van der Waals surface area contributed by atoms with Crippen molar-refractivity contribution in [3.63, 3.8) is 0 Å². The van der Waals surface area contributed by atoms with E-state index >= 15 is 0 Å². The molecule has 0 aliphatic carbocycles. The molecule has 0 spiro atoms. The molecular formula is C8H8N2OS. The quantitative estimate of drug-likeness (QED) is 0.622. The van der Waals surface area contributed by atoms with E-state index in [0.29, 0.717) is 5.69 Å². The Balaban J connectivity index is 2.64. The van der Waals surface area contributed by atoms with Crippen LogP contribution in [0.15, 0.2) is 40.6 Å². The number of azo groups is 1. The van der Waals surface area contributed by atoms with Gasteiger partial charge in [-0.1, -0.05) is 30.0 Å². The topological polar surface area (TPSA) is 41.8 Å². The second kappa shape index (κ2) is 4.66. The van der Waals surface area contributed by atoms with Crippen molar-refractivity contribution in [3.05, 3.63) is 30.3 Å². The molecule has 0 atom stereocenters. The summed E-state index contributed by atoms with van der Waals surface area (Å²) in [6.45, 7) is 0. The lowest BCUT2D eigenvalue weighted by Crippen LogP contribution is -1.75. The van der Waals surface area contributed by atoms with Crippen LogP contribution < -0.4 is 0 Å². The fourth-order valence-electron chi connectivity index (χ4n) is 0.634. The van der Waals surface area contributed by atoms with E-state index in [-0.39, 0.29) is 5.24 Å². The summed E-state index contributed by atoms with van der Waals surface area (Å²) in [5.41, 5.74) is 0.694. The monoisotopic (exact) mass is 180 g/mol. The number of nitrogens with zero attached hydrogens (tertiary/aromatic N) is 2. The van der Waals surface area contributed by atoms with E-state index in [1.54, 1.807) is 18.4 Å². The zero-order valence-corrected chi connectivity index (χ0v) is 7.41. The Bertz CT molecular complexity index is 284. The van der Waals surface area contributed by atoms with Gasteiger partial charge < -0.3 is 0 Å². The highest BCUT2D eigenvalue weighted by Gasteiger charge is 1.92. The lowest BCUT2D eigenvalue weighted by atomic mass is 10.3. The summed E-state index contributed by atoms with van der Waals surface area (Å²) in [4.78, 5) is 10.7. The van der Waals surface area contributed by atoms with Crippen molar-refractivity contribution in [1.29, 1.82) is 0 Å². The first-order valence-electron chi connectivity index (χ1n) is 3.37. The van der Waals surface area contributed by atoms with E-state index in [1.165, 1.54) is 0 Å². The molecule has 4 heteroatoms. The Morgan fingerprint density at radius 3 is 2.58 bits per heavy atom. The summed E-state index contributed by atoms with van der Waals surface area (Å²) in [6, 6.07) is 9.15. The molecule has 12 heavy (non-hydrogen) atoms. The lowest BCUT2D eigenvalue weighted by molar-refractivity contribution is 0.266. The van der Waals surface area contributed by atoms with Gasteiger partial charge in [-0.2, -0.15) is 0 Å². The lowest BCUT2D eigenvalue weighted by Gasteiger charge is -1.87. The van der Waals surface area contributed by atoms with Crippen LogP contribution >= 0.6 is 11.8 Å². The van der Waals surface area contributed by atoms with E-state index in [2.05, 4.69) is 10.2 Å². The van der Waals surface area contributed by atoms with Crippen molar-refractivity contribution < 1.29 is 4.79 Å². The molecule has 1 amide bonds. The number of hydrogen-bond acceptors (Lipinski definition) is 3. The standard InChI is InChI=1S/C8H8N2OS/c1-12-8(11)10-9-7-5-3-2-4-6-7/h2-6H,1H3. The average Bonchev–Trinajstić information content (AvgIpc) is 2.16. The minimum Gasteiger partial charge on any atom is -0.258 e. The van der Waals surface area contributed by atoms with Gasteiger partial charge in [0.25, 0.3) is 0 Å². The van der Waals surface area contributed by atoms with Crippen LogP contribution in [0.25, 0.3) is 0 Å². The van der Waals surface area contributed by atoms with Crippen LogP contribution in [0.2, 0.25) is 0 Å². The van der Waals surface area contributed by atoms with Gasteiger partial charge >= 0.3 is 5.24 Å². The van der Waals surface area contributed by atoms with Gasteiger partial charge in [0.15, 0.2) is 0 Å². The molecule has 0 aliphatic heterocycles. The first-order valence-corrected chi connectivity index (χ1v) is 4.60. The van der Waals surface area contributed by atoms with Gasteiger partial charge in [0.05, 0.1) is 5.69 Å². The second-order valence-corrected chi connectivity index (χ2v) is 2.76. The third-order valence-corrected chi connectivity index (χ3v) is 1.61. The van der Waals surface area contributed by atoms with Gasteiger partial charge in [-0.15, -0.1) is 10.2 Å². The highest BCUT2D eigenvalue weighted by Crippen LogP contribution is 2.11. The molecule has 1 rings (SSSR count). The Labute approximate surface area is 74.9 Å². The number of rotatable bonds is 1. The SMILES string of the molecule is CSC(=O)N=Nc1ccccc1. The fraction of sp³-hybridized carbons (Fsp3) is 0.125. The molecule has 1 aromatic rings. The maximum absolute atomic E-state index is 10.7. The van der Waals surface area contributed by atoms with E-state index in [4.69, 9.17) is 0 Å². The van der Waals surface area contributed by atoms with Gasteiger partial charge in [0, 0.05) is 0 Å². The Morgan fingerprint density at radius 1 is 1.33 bits per heavy atom. The molecule has 0 saturated carbocycles. The molecule has 0 heterocycles. The normalized spacial score (nSPS) is 10.4. The van der Waals surface area contributed by atoms with E-state index in [0.717, 1.165) is 11.8 Å². The van der Waals surface area contributed by atoms with E-state index in [9.17, 15) is 4.79 Å². The Kier molecular flexibility index (Phi) is 3.47. The first-order chi connectivity index (χ1) is 5.83. The molecule has 0 saturated heterocycles. The predicted molar refractivity (Wildman–Crippen MR) is 49.9 cm³/mol. The summed E-state index contributed by atoms with van der Waals surface area (Å²) in [7, 11) is 0.